The molecule has 0 aliphatic rings. The third-order valence-electron chi connectivity index (χ3n) is 4.08. The summed E-state index contributed by atoms with van der Waals surface area (Å²) in [5.74, 6) is -0.782. The molecule has 2 aromatic carbocycles. The molecule has 8 nitrogen and oxygen atoms in total. The summed E-state index contributed by atoms with van der Waals surface area (Å²) in [6.07, 6.45) is 2.81. The van der Waals surface area contributed by atoms with E-state index in [4.69, 9.17) is 21.1 Å². The Morgan fingerprint density at radius 2 is 1.94 bits per heavy atom. The van der Waals surface area contributed by atoms with Crippen molar-refractivity contribution < 1.29 is 23.5 Å². The summed E-state index contributed by atoms with van der Waals surface area (Å²) in [5.41, 5.74) is 3.41. The Labute approximate surface area is 188 Å². The van der Waals surface area contributed by atoms with E-state index in [0.29, 0.717) is 17.0 Å². The van der Waals surface area contributed by atoms with E-state index in [0.717, 1.165) is 0 Å². The smallest absolute Gasteiger partial charge is 0.274 e. The lowest BCUT2D eigenvalue weighted by molar-refractivity contribution is -0.118. The maximum atomic E-state index is 13.0. The number of hydrogen-bond acceptors (Lipinski definition) is 6. The van der Waals surface area contributed by atoms with Crippen LogP contribution in [0.2, 0.25) is 5.15 Å². The van der Waals surface area contributed by atoms with E-state index in [1.165, 1.54) is 49.9 Å². The quantitative estimate of drug-likeness (QED) is 0.306. The molecular weight excluding hydrogens is 439 g/mol. The molecule has 3 aromatic rings. The maximum absolute atomic E-state index is 13.0. The van der Waals surface area contributed by atoms with Crippen molar-refractivity contribution in [3.8, 4) is 11.5 Å². The Balaban J connectivity index is 1.67. The van der Waals surface area contributed by atoms with Gasteiger partial charge >= 0.3 is 0 Å². The van der Waals surface area contributed by atoms with Crippen LogP contribution in [0.4, 0.5) is 10.1 Å². The van der Waals surface area contributed by atoms with Crippen LogP contribution in [0.5, 0.6) is 11.5 Å². The van der Waals surface area contributed by atoms with Crippen LogP contribution in [-0.2, 0) is 4.79 Å². The van der Waals surface area contributed by atoms with Crippen LogP contribution in [0.3, 0.4) is 0 Å². The molecule has 2 N–H and O–H groups in total. The Bertz CT molecular complexity index is 1140. The molecule has 0 unspecified atom stereocenters. The van der Waals surface area contributed by atoms with E-state index in [2.05, 4.69) is 20.8 Å². The number of nitrogens with zero attached hydrogens (tertiary/aromatic N) is 2. The Morgan fingerprint density at radius 3 is 2.66 bits per heavy atom. The summed E-state index contributed by atoms with van der Waals surface area (Å²) in [7, 11) is 1.45. The van der Waals surface area contributed by atoms with Crippen LogP contribution in [-0.4, -0.2) is 36.7 Å². The summed E-state index contributed by atoms with van der Waals surface area (Å²) in [6, 6.07) is 13.5. The molecule has 0 radical (unpaired) electrons. The molecule has 2 amide bonds. The van der Waals surface area contributed by atoms with Gasteiger partial charge in [0, 0.05) is 17.4 Å². The van der Waals surface area contributed by atoms with Crippen molar-refractivity contribution in [3.05, 3.63) is 82.9 Å². The number of carbonyl (C=O) groups is 2. The van der Waals surface area contributed by atoms with Crippen LogP contribution in [0.15, 0.2) is 65.9 Å². The number of anilines is 1. The molecule has 3 rings (SSSR count). The number of methoxy groups -OCH3 is 1. The SMILES string of the molecule is COc1cccc(C=NNC(=O)c2cccnc2Cl)c1OCC(=O)Nc1ccc(F)cc1. The molecule has 1 heterocycles. The second-order valence-corrected chi connectivity index (χ2v) is 6.62. The molecule has 10 heteroatoms. The Kier molecular flexibility index (Phi) is 7.71. The highest BCUT2D eigenvalue weighted by Crippen LogP contribution is 2.30. The molecule has 0 spiro atoms. The van der Waals surface area contributed by atoms with E-state index in [1.54, 1.807) is 24.3 Å². The van der Waals surface area contributed by atoms with Crippen molar-refractivity contribution in [2.45, 2.75) is 0 Å². The minimum Gasteiger partial charge on any atom is -0.493 e. The fourth-order valence-corrected chi connectivity index (χ4v) is 2.80. The topological polar surface area (TPSA) is 102 Å². The molecule has 0 saturated carbocycles. The fourth-order valence-electron chi connectivity index (χ4n) is 2.59. The van der Waals surface area contributed by atoms with Gasteiger partial charge in [0.25, 0.3) is 11.8 Å². The lowest BCUT2D eigenvalue weighted by Crippen LogP contribution is -2.21. The number of aromatic nitrogens is 1. The van der Waals surface area contributed by atoms with Crippen molar-refractivity contribution >= 4 is 35.3 Å². The van der Waals surface area contributed by atoms with Gasteiger partial charge < -0.3 is 14.8 Å². The van der Waals surface area contributed by atoms with Gasteiger partial charge in [0.05, 0.1) is 18.9 Å². The molecule has 0 atom stereocenters. The number of carbonyl (C=O) groups excluding carboxylic acids is 2. The summed E-state index contributed by atoms with van der Waals surface area (Å²) in [6.45, 7) is -0.337. The highest BCUT2D eigenvalue weighted by atomic mass is 35.5. The van der Waals surface area contributed by atoms with Crippen LogP contribution in [0.25, 0.3) is 0 Å². The van der Waals surface area contributed by atoms with Gasteiger partial charge in [-0.15, -0.1) is 0 Å². The Hall–Kier alpha value is -3.98. The molecule has 0 aliphatic carbocycles. The van der Waals surface area contributed by atoms with Crippen molar-refractivity contribution in [3.63, 3.8) is 0 Å². The van der Waals surface area contributed by atoms with Crippen molar-refractivity contribution in [2.24, 2.45) is 5.10 Å². The first-order valence-corrected chi connectivity index (χ1v) is 9.65. The van der Waals surface area contributed by atoms with Crippen molar-refractivity contribution in [1.82, 2.24) is 10.4 Å². The zero-order valence-corrected chi connectivity index (χ0v) is 17.6. The van der Waals surface area contributed by atoms with Crippen LogP contribution < -0.4 is 20.2 Å². The molecular formula is C22H18ClFN4O4. The monoisotopic (exact) mass is 456 g/mol. The largest absolute Gasteiger partial charge is 0.493 e. The summed E-state index contributed by atoms with van der Waals surface area (Å²) >= 11 is 5.90. The van der Waals surface area contributed by atoms with Gasteiger partial charge in [-0.2, -0.15) is 5.10 Å². The average molecular weight is 457 g/mol. The minimum atomic E-state index is -0.539. The van der Waals surface area contributed by atoms with Crippen LogP contribution in [0, 0.1) is 5.82 Å². The summed E-state index contributed by atoms with van der Waals surface area (Å²) < 4.78 is 23.9. The predicted octanol–water partition coefficient (Wildman–Crippen LogP) is 3.66. The lowest BCUT2D eigenvalue weighted by Gasteiger charge is -2.13. The number of halogens is 2. The molecule has 0 fully saturated rings. The van der Waals surface area contributed by atoms with Gasteiger partial charge in [0.2, 0.25) is 0 Å². The molecule has 1 aromatic heterocycles. The molecule has 0 saturated heterocycles. The highest BCUT2D eigenvalue weighted by molar-refractivity contribution is 6.32. The van der Waals surface area contributed by atoms with E-state index >= 15 is 0 Å². The first kappa shape index (κ1) is 22.7. The van der Waals surface area contributed by atoms with E-state index in [-0.39, 0.29) is 23.1 Å². The molecule has 0 aliphatic heterocycles. The van der Waals surface area contributed by atoms with Crippen LogP contribution >= 0.6 is 11.6 Å². The van der Waals surface area contributed by atoms with Gasteiger partial charge in [-0.1, -0.05) is 17.7 Å². The highest BCUT2D eigenvalue weighted by Gasteiger charge is 2.13. The standard InChI is InChI=1S/C22H18ClFN4O4/c1-31-18-6-2-4-14(12-26-28-22(30)17-5-3-11-25-21(17)23)20(18)32-13-19(29)27-16-9-7-15(24)8-10-16/h2-12H,13H2,1H3,(H,27,29)(H,28,30). The molecule has 32 heavy (non-hydrogen) atoms. The zero-order valence-electron chi connectivity index (χ0n) is 16.8. The third kappa shape index (κ3) is 6.02. The van der Waals surface area contributed by atoms with Gasteiger partial charge in [-0.25, -0.2) is 14.8 Å². The second-order valence-electron chi connectivity index (χ2n) is 6.26. The molecule has 164 valence electrons. The number of hydrogen-bond donors (Lipinski definition) is 2. The predicted molar refractivity (Wildman–Crippen MR) is 118 cm³/mol. The summed E-state index contributed by atoms with van der Waals surface area (Å²) in [4.78, 5) is 28.2. The van der Waals surface area contributed by atoms with E-state index < -0.39 is 17.6 Å². The van der Waals surface area contributed by atoms with E-state index in [9.17, 15) is 14.0 Å². The normalized spacial score (nSPS) is 10.6. The fraction of sp³-hybridized carbons (Fsp3) is 0.0909. The number of rotatable bonds is 8. The number of hydrazone groups is 1. The van der Waals surface area contributed by atoms with Gasteiger partial charge in [-0.3, -0.25) is 9.59 Å². The number of pyridine rings is 1. The Morgan fingerprint density at radius 1 is 1.16 bits per heavy atom. The summed E-state index contributed by atoms with van der Waals surface area (Å²) in [5, 5.41) is 6.57. The van der Waals surface area contributed by atoms with Crippen LogP contribution in [0.1, 0.15) is 15.9 Å². The van der Waals surface area contributed by atoms with E-state index in [1.807, 2.05) is 0 Å². The lowest BCUT2D eigenvalue weighted by atomic mass is 10.2. The minimum absolute atomic E-state index is 0.0535. The number of ether oxygens (including phenoxy) is 2. The molecule has 0 bridgehead atoms. The first-order chi connectivity index (χ1) is 15.5. The third-order valence-corrected chi connectivity index (χ3v) is 4.38. The average Bonchev–Trinajstić information content (AvgIpc) is 2.79. The van der Waals surface area contributed by atoms with Gasteiger partial charge in [-0.05, 0) is 48.5 Å². The van der Waals surface area contributed by atoms with Crippen molar-refractivity contribution in [2.75, 3.05) is 19.0 Å². The number of nitrogens with one attached hydrogen (secondary N) is 2. The zero-order chi connectivity index (χ0) is 22.9. The maximum Gasteiger partial charge on any atom is 0.274 e. The number of amides is 2. The number of para-hydroxylation sites is 1. The first-order valence-electron chi connectivity index (χ1n) is 9.27. The van der Waals surface area contributed by atoms with Gasteiger partial charge in [0.1, 0.15) is 11.0 Å². The van der Waals surface area contributed by atoms with Gasteiger partial charge in [0.15, 0.2) is 18.1 Å². The number of benzene rings is 2. The van der Waals surface area contributed by atoms with Crippen molar-refractivity contribution in [1.29, 1.82) is 0 Å². The second kappa shape index (κ2) is 10.9.